The maximum atomic E-state index is 8.73. The quantitative estimate of drug-likeness (QED) is 0.374. The van der Waals surface area contributed by atoms with Gasteiger partial charge in [0.25, 0.3) is 0 Å². The van der Waals surface area contributed by atoms with Crippen molar-refractivity contribution in [3.63, 3.8) is 0 Å². The molecule has 1 fully saturated rings. The Kier molecular flexibility index (Phi) is 5.59. The molecule has 5 nitrogen and oxygen atoms in total. The number of hydrogen-bond donors (Lipinski definition) is 2. The van der Waals surface area contributed by atoms with Gasteiger partial charge in [0.15, 0.2) is 5.84 Å². The van der Waals surface area contributed by atoms with Crippen LogP contribution in [-0.4, -0.2) is 53.6 Å². The summed E-state index contributed by atoms with van der Waals surface area (Å²) >= 11 is 0. The number of rotatable bonds is 5. The highest BCUT2D eigenvalue weighted by Crippen LogP contribution is 2.15. The average Bonchev–Trinajstić information content (AvgIpc) is 2.50. The number of nitrogens with zero attached hydrogens (tertiary/aromatic N) is 3. The van der Waals surface area contributed by atoms with Crippen LogP contribution in [0.25, 0.3) is 0 Å². The lowest BCUT2D eigenvalue weighted by atomic mass is 10.0. The van der Waals surface area contributed by atoms with Crippen LogP contribution in [0.4, 0.5) is 0 Å². The van der Waals surface area contributed by atoms with Crippen molar-refractivity contribution in [3.8, 4) is 0 Å². The van der Waals surface area contributed by atoms with E-state index in [1.54, 1.807) is 0 Å². The molecule has 0 atom stereocenters. The Balaban J connectivity index is 1.95. The highest BCUT2D eigenvalue weighted by atomic mass is 16.4. The van der Waals surface area contributed by atoms with Crippen LogP contribution in [0.3, 0.4) is 0 Å². The molecule has 1 aliphatic heterocycles. The average molecular weight is 290 g/mol. The molecule has 5 heteroatoms. The zero-order valence-electron chi connectivity index (χ0n) is 13.0. The van der Waals surface area contributed by atoms with E-state index in [1.165, 1.54) is 24.1 Å². The fourth-order valence-corrected chi connectivity index (χ4v) is 2.82. The topological polar surface area (TPSA) is 65.1 Å². The summed E-state index contributed by atoms with van der Waals surface area (Å²) in [7, 11) is 0. The molecule has 1 saturated heterocycles. The second-order valence-corrected chi connectivity index (χ2v) is 5.74. The largest absolute Gasteiger partial charge is 0.409 e. The molecule has 2 rings (SSSR count). The molecule has 3 N–H and O–H groups in total. The van der Waals surface area contributed by atoms with Gasteiger partial charge in [-0.25, -0.2) is 0 Å². The molecule has 116 valence electrons. The zero-order valence-corrected chi connectivity index (χ0v) is 13.0. The van der Waals surface area contributed by atoms with E-state index in [4.69, 9.17) is 10.9 Å². The van der Waals surface area contributed by atoms with Gasteiger partial charge in [0.2, 0.25) is 0 Å². The molecule has 0 saturated carbocycles. The number of oxime groups is 1. The molecule has 0 aliphatic carbocycles. The number of hydrogen-bond acceptors (Lipinski definition) is 4. The Labute approximate surface area is 127 Å². The van der Waals surface area contributed by atoms with Crippen molar-refractivity contribution in [2.24, 2.45) is 10.9 Å². The maximum absolute atomic E-state index is 8.73. The predicted octanol–water partition coefficient (Wildman–Crippen LogP) is 1.62. The van der Waals surface area contributed by atoms with Gasteiger partial charge in [-0.05, 0) is 37.1 Å². The molecule has 21 heavy (non-hydrogen) atoms. The molecule has 1 aromatic rings. The Bertz CT molecular complexity index is 493. The smallest absolute Gasteiger partial charge is 0.170 e. The first-order chi connectivity index (χ1) is 10.1. The van der Waals surface area contributed by atoms with Gasteiger partial charge in [-0.3, -0.25) is 4.90 Å². The number of nitrogens with two attached hydrogens (primary N) is 1. The van der Waals surface area contributed by atoms with Gasteiger partial charge in [-0.2, -0.15) is 0 Å². The van der Waals surface area contributed by atoms with Crippen molar-refractivity contribution in [2.75, 3.05) is 32.7 Å². The fraction of sp³-hybridized carbons (Fsp3) is 0.562. The van der Waals surface area contributed by atoms with E-state index < -0.39 is 0 Å². The number of aryl methyl sites for hydroxylation is 1. The Morgan fingerprint density at radius 1 is 1.24 bits per heavy atom. The van der Waals surface area contributed by atoms with Crippen molar-refractivity contribution >= 4 is 5.84 Å². The highest BCUT2D eigenvalue weighted by Gasteiger charge is 2.16. The summed E-state index contributed by atoms with van der Waals surface area (Å²) in [5.41, 5.74) is 8.90. The first-order valence-electron chi connectivity index (χ1n) is 7.66. The van der Waals surface area contributed by atoms with Crippen LogP contribution in [-0.2, 0) is 6.54 Å². The Hall–Kier alpha value is -1.59. The van der Waals surface area contributed by atoms with E-state index in [9.17, 15) is 0 Å². The molecule has 0 bridgehead atoms. The summed E-state index contributed by atoms with van der Waals surface area (Å²) in [6.45, 7) is 11.1. The normalized spacial score (nSPS) is 18.1. The van der Waals surface area contributed by atoms with E-state index in [0.717, 1.165) is 38.3 Å². The van der Waals surface area contributed by atoms with Crippen LogP contribution in [0.15, 0.2) is 23.4 Å². The van der Waals surface area contributed by atoms with Crippen molar-refractivity contribution < 1.29 is 5.21 Å². The molecule has 1 heterocycles. The second-order valence-electron chi connectivity index (χ2n) is 5.74. The standard InChI is InChI=1S/C16H26N4O/c1-3-6-19-7-9-20(10-8-19)12-15-5-4-14(11-13(15)2)16(17)18-21/h4-5,11,21H,3,6-10,12H2,1-2H3,(H2,17,18). The highest BCUT2D eigenvalue weighted by molar-refractivity contribution is 5.97. The molecule has 0 spiro atoms. The van der Waals surface area contributed by atoms with E-state index >= 15 is 0 Å². The molecule has 1 aromatic carbocycles. The lowest BCUT2D eigenvalue weighted by Gasteiger charge is -2.34. The summed E-state index contributed by atoms with van der Waals surface area (Å²) in [6, 6.07) is 5.99. The molecule has 0 amide bonds. The first-order valence-corrected chi connectivity index (χ1v) is 7.66. The van der Waals surface area contributed by atoms with Crippen LogP contribution in [0.2, 0.25) is 0 Å². The minimum absolute atomic E-state index is 0.165. The second kappa shape index (κ2) is 7.43. The minimum Gasteiger partial charge on any atom is -0.409 e. The van der Waals surface area contributed by atoms with Crippen LogP contribution in [0, 0.1) is 6.92 Å². The van der Waals surface area contributed by atoms with Gasteiger partial charge >= 0.3 is 0 Å². The van der Waals surface area contributed by atoms with Crippen molar-refractivity contribution in [1.29, 1.82) is 0 Å². The van der Waals surface area contributed by atoms with Crippen molar-refractivity contribution in [1.82, 2.24) is 9.80 Å². The molecule has 0 aromatic heterocycles. The van der Waals surface area contributed by atoms with E-state index in [1.807, 2.05) is 12.1 Å². The summed E-state index contributed by atoms with van der Waals surface area (Å²) in [5.74, 6) is 0.165. The number of benzene rings is 1. The summed E-state index contributed by atoms with van der Waals surface area (Å²) in [5, 5.41) is 11.8. The van der Waals surface area contributed by atoms with Crippen LogP contribution < -0.4 is 5.73 Å². The van der Waals surface area contributed by atoms with Gasteiger partial charge < -0.3 is 15.8 Å². The fourth-order valence-electron chi connectivity index (χ4n) is 2.82. The predicted molar refractivity (Wildman–Crippen MR) is 85.7 cm³/mol. The van der Waals surface area contributed by atoms with Gasteiger partial charge in [0, 0.05) is 38.3 Å². The molecular formula is C16H26N4O. The SMILES string of the molecule is CCCN1CCN(Cc2ccc(/C(N)=N/O)cc2C)CC1. The summed E-state index contributed by atoms with van der Waals surface area (Å²) < 4.78 is 0. The molecular weight excluding hydrogens is 264 g/mol. The number of amidine groups is 1. The lowest BCUT2D eigenvalue weighted by Crippen LogP contribution is -2.46. The first kappa shape index (κ1) is 15.8. The third-order valence-corrected chi connectivity index (χ3v) is 4.14. The Morgan fingerprint density at radius 3 is 2.48 bits per heavy atom. The third-order valence-electron chi connectivity index (χ3n) is 4.14. The third kappa shape index (κ3) is 4.19. The molecule has 1 aliphatic rings. The van der Waals surface area contributed by atoms with Crippen LogP contribution >= 0.6 is 0 Å². The van der Waals surface area contributed by atoms with E-state index in [2.05, 4.69) is 34.9 Å². The number of piperazine rings is 1. The lowest BCUT2D eigenvalue weighted by molar-refractivity contribution is 0.127. The van der Waals surface area contributed by atoms with E-state index in [0.29, 0.717) is 0 Å². The zero-order chi connectivity index (χ0) is 15.2. The Morgan fingerprint density at radius 2 is 1.90 bits per heavy atom. The van der Waals surface area contributed by atoms with Gasteiger partial charge in [-0.15, -0.1) is 0 Å². The van der Waals surface area contributed by atoms with Crippen molar-refractivity contribution in [2.45, 2.75) is 26.8 Å². The minimum atomic E-state index is 0.165. The van der Waals surface area contributed by atoms with E-state index in [-0.39, 0.29) is 5.84 Å². The summed E-state index contributed by atoms with van der Waals surface area (Å²) in [6.07, 6.45) is 1.23. The van der Waals surface area contributed by atoms with Gasteiger partial charge in [0.1, 0.15) is 0 Å². The van der Waals surface area contributed by atoms with Crippen molar-refractivity contribution in [3.05, 3.63) is 34.9 Å². The van der Waals surface area contributed by atoms with Gasteiger partial charge in [-0.1, -0.05) is 24.2 Å². The molecule has 0 radical (unpaired) electrons. The van der Waals surface area contributed by atoms with Crippen LogP contribution in [0.5, 0.6) is 0 Å². The monoisotopic (exact) mass is 290 g/mol. The molecule has 0 unspecified atom stereocenters. The van der Waals surface area contributed by atoms with Crippen LogP contribution in [0.1, 0.15) is 30.0 Å². The van der Waals surface area contributed by atoms with Gasteiger partial charge in [0.05, 0.1) is 0 Å². The summed E-state index contributed by atoms with van der Waals surface area (Å²) in [4.78, 5) is 5.03. The maximum Gasteiger partial charge on any atom is 0.170 e.